The van der Waals surface area contributed by atoms with Gasteiger partial charge in [0.25, 0.3) is 0 Å². The Labute approximate surface area is 121 Å². The molecular weight excluding hydrogens is 270 g/mol. The van der Waals surface area contributed by atoms with Crippen LogP contribution in [-0.2, 0) is 6.54 Å². The summed E-state index contributed by atoms with van der Waals surface area (Å²) in [5, 5.41) is 14.4. The van der Waals surface area contributed by atoms with Gasteiger partial charge in [-0.2, -0.15) is 10.1 Å². The molecule has 7 nitrogen and oxygen atoms in total. The standard InChI is InChI=1S/C14H15N5O2/c1-4-11-12(21-8-20-11)5-9(1)6-15-13-7-16-19-14(18-13)17-10-2-3-10/h1,4-5,7,10H,2-3,6,8H2,(H2,15,17,18,19). The molecule has 0 radical (unpaired) electrons. The summed E-state index contributed by atoms with van der Waals surface area (Å²) < 4.78 is 10.7. The molecule has 1 aromatic carbocycles. The quantitative estimate of drug-likeness (QED) is 0.866. The third kappa shape index (κ3) is 2.81. The van der Waals surface area contributed by atoms with Crippen LogP contribution < -0.4 is 20.1 Å². The average molecular weight is 285 g/mol. The van der Waals surface area contributed by atoms with Crippen LogP contribution in [0.4, 0.5) is 11.8 Å². The molecule has 1 aliphatic carbocycles. The fourth-order valence-electron chi connectivity index (χ4n) is 2.10. The van der Waals surface area contributed by atoms with Gasteiger partial charge in [0.2, 0.25) is 12.7 Å². The van der Waals surface area contributed by atoms with Gasteiger partial charge in [-0.25, -0.2) is 0 Å². The van der Waals surface area contributed by atoms with Crippen LogP contribution in [0.3, 0.4) is 0 Å². The van der Waals surface area contributed by atoms with Crippen molar-refractivity contribution < 1.29 is 9.47 Å². The molecule has 0 amide bonds. The molecule has 4 rings (SSSR count). The summed E-state index contributed by atoms with van der Waals surface area (Å²) in [7, 11) is 0. The van der Waals surface area contributed by atoms with Gasteiger partial charge in [-0.3, -0.25) is 0 Å². The highest BCUT2D eigenvalue weighted by Gasteiger charge is 2.22. The zero-order chi connectivity index (χ0) is 14.1. The van der Waals surface area contributed by atoms with Crippen LogP contribution in [-0.4, -0.2) is 28.0 Å². The van der Waals surface area contributed by atoms with Gasteiger partial charge in [0.1, 0.15) is 0 Å². The first kappa shape index (κ1) is 12.2. The van der Waals surface area contributed by atoms with Gasteiger partial charge in [-0.15, -0.1) is 5.10 Å². The van der Waals surface area contributed by atoms with Crippen molar-refractivity contribution >= 4 is 11.8 Å². The second-order valence-corrected chi connectivity index (χ2v) is 5.12. The minimum absolute atomic E-state index is 0.290. The van der Waals surface area contributed by atoms with Crippen molar-refractivity contribution in [3.05, 3.63) is 30.0 Å². The summed E-state index contributed by atoms with van der Waals surface area (Å²) in [6.07, 6.45) is 3.97. The van der Waals surface area contributed by atoms with E-state index < -0.39 is 0 Å². The van der Waals surface area contributed by atoms with Crippen LogP contribution in [0.1, 0.15) is 18.4 Å². The lowest BCUT2D eigenvalue weighted by Gasteiger charge is -2.07. The normalized spacial score (nSPS) is 15.8. The van der Waals surface area contributed by atoms with E-state index in [0.29, 0.717) is 24.4 Å². The summed E-state index contributed by atoms with van der Waals surface area (Å²) in [6.45, 7) is 0.927. The highest BCUT2D eigenvalue weighted by molar-refractivity contribution is 5.46. The number of hydrogen-bond donors (Lipinski definition) is 2. The Morgan fingerprint density at radius 2 is 2.10 bits per heavy atom. The molecule has 2 heterocycles. The van der Waals surface area contributed by atoms with Gasteiger partial charge >= 0.3 is 0 Å². The molecule has 0 saturated heterocycles. The Hall–Kier alpha value is -2.57. The zero-order valence-corrected chi connectivity index (χ0v) is 11.4. The predicted molar refractivity (Wildman–Crippen MR) is 76.4 cm³/mol. The lowest BCUT2D eigenvalue weighted by Crippen LogP contribution is -2.09. The van der Waals surface area contributed by atoms with E-state index in [9.17, 15) is 0 Å². The molecule has 2 aliphatic rings. The molecule has 21 heavy (non-hydrogen) atoms. The Morgan fingerprint density at radius 1 is 1.19 bits per heavy atom. The second-order valence-electron chi connectivity index (χ2n) is 5.12. The Bertz CT molecular complexity index is 660. The van der Waals surface area contributed by atoms with Gasteiger partial charge in [0.05, 0.1) is 6.20 Å². The molecule has 1 aromatic heterocycles. The highest BCUT2D eigenvalue weighted by atomic mass is 16.7. The summed E-state index contributed by atoms with van der Waals surface area (Å²) in [5.41, 5.74) is 1.09. The number of anilines is 2. The highest BCUT2D eigenvalue weighted by Crippen LogP contribution is 2.32. The van der Waals surface area contributed by atoms with Crippen molar-refractivity contribution in [2.75, 3.05) is 17.4 Å². The summed E-state index contributed by atoms with van der Waals surface area (Å²) >= 11 is 0. The maximum Gasteiger partial charge on any atom is 0.244 e. The fourth-order valence-corrected chi connectivity index (χ4v) is 2.10. The molecule has 2 N–H and O–H groups in total. The van der Waals surface area contributed by atoms with Crippen molar-refractivity contribution in [1.82, 2.24) is 15.2 Å². The van der Waals surface area contributed by atoms with E-state index in [0.717, 1.165) is 17.1 Å². The first-order valence-corrected chi connectivity index (χ1v) is 6.95. The van der Waals surface area contributed by atoms with Crippen LogP contribution in [0.5, 0.6) is 11.5 Å². The van der Waals surface area contributed by atoms with Crippen molar-refractivity contribution in [3.63, 3.8) is 0 Å². The topological polar surface area (TPSA) is 81.2 Å². The molecule has 108 valence electrons. The lowest BCUT2D eigenvalue weighted by molar-refractivity contribution is 0.174. The SMILES string of the molecule is c1cc2c(cc1CNc1cnnc(NC3CC3)n1)OCO2. The van der Waals surface area contributed by atoms with Gasteiger partial charge in [0, 0.05) is 12.6 Å². The van der Waals surface area contributed by atoms with E-state index in [1.165, 1.54) is 12.8 Å². The molecule has 0 spiro atoms. The number of hydrogen-bond acceptors (Lipinski definition) is 7. The fraction of sp³-hybridized carbons (Fsp3) is 0.357. The minimum atomic E-state index is 0.290. The zero-order valence-electron chi connectivity index (χ0n) is 11.4. The molecule has 0 bridgehead atoms. The van der Waals surface area contributed by atoms with Crippen molar-refractivity contribution in [2.45, 2.75) is 25.4 Å². The van der Waals surface area contributed by atoms with Crippen LogP contribution in [0, 0.1) is 0 Å². The minimum Gasteiger partial charge on any atom is -0.454 e. The second kappa shape index (κ2) is 5.08. The number of rotatable bonds is 5. The number of benzene rings is 1. The molecule has 7 heteroatoms. The van der Waals surface area contributed by atoms with Gasteiger partial charge in [-0.05, 0) is 30.5 Å². The smallest absolute Gasteiger partial charge is 0.244 e. The maximum atomic E-state index is 5.36. The van der Waals surface area contributed by atoms with Crippen molar-refractivity contribution in [1.29, 1.82) is 0 Å². The van der Waals surface area contributed by atoms with E-state index >= 15 is 0 Å². The van der Waals surface area contributed by atoms with E-state index in [1.54, 1.807) is 6.20 Å². The molecule has 1 saturated carbocycles. The summed E-state index contributed by atoms with van der Waals surface area (Å²) in [4.78, 5) is 4.39. The van der Waals surface area contributed by atoms with E-state index in [1.807, 2.05) is 18.2 Å². The first-order chi connectivity index (χ1) is 10.4. The third-order valence-electron chi connectivity index (χ3n) is 3.38. The molecule has 2 aromatic rings. The van der Waals surface area contributed by atoms with Gasteiger partial charge in [0.15, 0.2) is 17.3 Å². The largest absolute Gasteiger partial charge is 0.454 e. The average Bonchev–Trinajstić information content (AvgIpc) is 3.19. The number of nitrogens with one attached hydrogen (secondary N) is 2. The monoisotopic (exact) mass is 285 g/mol. The van der Waals surface area contributed by atoms with E-state index in [4.69, 9.17) is 9.47 Å². The molecule has 0 atom stereocenters. The molecule has 1 aliphatic heterocycles. The maximum absolute atomic E-state index is 5.36. The number of aromatic nitrogens is 3. The van der Waals surface area contributed by atoms with E-state index in [-0.39, 0.29) is 6.79 Å². The Morgan fingerprint density at radius 3 is 3.00 bits per heavy atom. The van der Waals surface area contributed by atoms with Crippen LogP contribution in [0.25, 0.3) is 0 Å². The summed E-state index contributed by atoms with van der Waals surface area (Å²) in [6, 6.07) is 6.39. The Kier molecular flexibility index (Phi) is 2.95. The number of ether oxygens (including phenoxy) is 2. The summed E-state index contributed by atoms with van der Waals surface area (Å²) in [5.74, 6) is 2.85. The van der Waals surface area contributed by atoms with Crippen LogP contribution >= 0.6 is 0 Å². The lowest BCUT2D eigenvalue weighted by atomic mass is 10.2. The number of fused-ring (bicyclic) bond motifs is 1. The molecular formula is C14H15N5O2. The first-order valence-electron chi connectivity index (χ1n) is 6.95. The molecule has 1 fully saturated rings. The van der Waals surface area contributed by atoms with Crippen LogP contribution in [0.15, 0.2) is 24.4 Å². The molecule has 0 unspecified atom stereocenters. The van der Waals surface area contributed by atoms with Gasteiger partial charge in [-0.1, -0.05) is 6.07 Å². The third-order valence-corrected chi connectivity index (χ3v) is 3.38. The predicted octanol–water partition coefficient (Wildman–Crippen LogP) is 1.79. The van der Waals surface area contributed by atoms with Crippen molar-refractivity contribution in [3.8, 4) is 11.5 Å². The number of nitrogens with zero attached hydrogens (tertiary/aromatic N) is 3. The van der Waals surface area contributed by atoms with Gasteiger partial charge < -0.3 is 20.1 Å². The van der Waals surface area contributed by atoms with E-state index in [2.05, 4.69) is 25.8 Å². The van der Waals surface area contributed by atoms with Crippen molar-refractivity contribution in [2.24, 2.45) is 0 Å². The van der Waals surface area contributed by atoms with Crippen LogP contribution in [0.2, 0.25) is 0 Å². The Balaban J connectivity index is 1.41.